The Hall–Kier alpha value is -2.65. The first kappa shape index (κ1) is 12.8. The van der Waals surface area contributed by atoms with Gasteiger partial charge in [0.25, 0.3) is 5.69 Å². The number of aromatic amines is 2. The molecule has 1 aromatic carbocycles. The van der Waals surface area contributed by atoms with Gasteiger partial charge in [-0.05, 0) is 0 Å². The fourth-order valence-corrected chi connectivity index (χ4v) is 1.54. The Labute approximate surface area is 100 Å². The number of halogens is 3. The maximum Gasteiger partial charge on any atom is 0.418 e. The van der Waals surface area contributed by atoms with E-state index in [2.05, 4.69) is 0 Å². The van der Waals surface area contributed by atoms with Crippen molar-refractivity contribution in [1.29, 1.82) is 0 Å². The standard InChI is InChI=1S/C9H4F3N3O4/c10-9(11,12)4-1-3(15(18)19)2-5-6(4)14-8(17)7(16)13-5/h1-2H,(H,13,16)(H,14,17). The number of nitro benzene ring substituents is 1. The highest BCUT2D eigenvalue weighted by Gasteiger charge is 2.35. The van der Waals surface area contributed by atoms with Crippen LogP contribution in [0, 0.1) is 10.1 Å². The minimum absolute atomic E-state index is 0.288. The minimum atomic E-state index is -4.91. The van der Waals surface area contributed by atoms with E-state index in [4.69, 9.17) is 0 Å². The summed E-state index contributed by atoms with van der Waals surface area (Å²) in [5.74, 6) is 0. The number of nitrogens with one attached hydrogen (secondary N) is 2. The third-order valence-electron chi connectivity index (χ3n) is 2.33. The molecule has 0 aliphatic carbocycles. The number of nitro groups is 1. The molecule has 0 spiro atoms. The van der Waals surface area contributed by atoms with Gasteiger partial charge in [-0.1, -0.05) is 0 Å². The average molecular weight is 275 g/mol. The van der Waals surface area contributed by atoms with E-state index in [1.54, 1.807) is 4.98 Å². The molecule has 7 nitrogen and oxygen atoms in total. The third kappa shape index (κ3) is 2.19. The van der Waals surface area contributed by atoms with Gasteiger partial charge in [0.1, 0.15) is 0 Å². The quantitative estimate of drug-likeness (QED) is 0.462. The Morgan fingerprint density at radius 2 is 1.68 bits per heavy atom. The molecule has 0 radical (unpaired) electrons. The van der Waals surface area contributed by atoms with Crippen LogP contribution in [0.15, 0.2) is 21.7 Å². The minimum Gasteiger partial charge on any atom is -0.316 e. The fourth-order valence-electron chi connectivity index (χ4n) is 1.54. The van der Waals surface area contributed by atoms with Crippen LogP contribution in [0.5, 0.6) is 0 Å². The summed E-state index contributed by atoms with van der Waals surface area (Å²) in [6, 6.07) is 1.03. The number of fused-ring (bicyclic) bond motifs is 1. The smallest absolute Gasteiger partial charge is 0.316 e. The van der Waals surface area contributed by atoms with Crippen LogP contribution >= 0.6 is 0 Å². The first-order valence-corrected chi connectivity index (χ1v) is 4.72. The van der Waals surface area contributed by atoms with E-state index in [1.165, 1.54) is 0 Å². The van der Waals surface area contributed by atoms with Crippen molar-refractivity contribution < 1.29 is 18.1 Å². The lowest BCUT2D eigenvalue weighted by molar-refractivity contribution is -0.385. The second-order valence-corrected chi connectivity index (χ2v) is 3.58. The average Bonchev–Trinajstić information content (AvgIpc) is 2.27. The van der Waals surface area contributed by atoms with Gasteiger partial charge in [0.15, 0.2) is 0 Å². The molecule has 2 N–H and O–H groups in total. The Morgan fingerprint density at radius 3 is 2.21 bits per heavy atom. The van der Waals surface area contributed by atoms with Gasteiger partial charge in [-0.25, -0.2) is 0 Å². The lowest BCUT2D eigenvalue weighted by Gasteiger charge is -2.09. The molecular weight excluding hydrogens is 271 g/mol. The topological polar surface area (TPSA) is 109 Å². The Morgan fingerprint density at radius 1 is 1.11 bits per heavy atom. The predicted molar refractivity (Wildman–Crippen MR) is 56.8 cm³/mol. The molecule has 2 rings (SSSR count). The van der Waals surface area contributed by atoms with Gasteiger partial charge in [0.05, 0.1) is 21.5 Å². The maximum absolute atomic E-state index is 12.8. The van der Waals surface area contributed by atoms with E-state index in [0.29, 0.717) is 0 Å². The van der Waals surface area contributed by atoms with E-state index < -0.39 is 44.5 Å². The second kappa shape index (κ2) is 3.93. The molecular formula is C9H4F3N3O4. The molecule has 0 bridgehead atoms. The SMILES string of the molecule is O=c1[nH]c2cc([N+](=O)[O-])cc(C(F)(F)F)c2[nH]c1=O. The predicted octanol–water partition coefficient (Wildman–Crippen LogP) is 1.14. The number of hydrogen-bond acceptors (Lipinski definition) is 4. The summed E-state index contributed by atoms with van der Waals surface area (Å²) >= 11 is 0. The van der Waals surface area contributed by atoms with E-state index in [9.17, 15) is 32.9 Å². The van der Waals surface area contributed by atoms with E-state index in [-0.39, 0.29) is 6.07 Å². The van der Waals surface area contributed by atoms with Gasteiger partial charge < -0.3 is 9.97 Å². The van der Waals surface area contributed by atoms with Gasteiger partial charge >= 0.3 is 17.3 Å². The lowest BCUT2D eigenvalue weighted by Crippen LogP contribution is -2.29. The monoisotopic (exact) mass is 275 g/mol. The molecule has 0 amide bonds. The van der Waals surface area contributed by atoms with Crippen LogP contribution < -0.4 is 11.1 Å². The van der Waals surface area contributed by atoms with Crippen molar-refractivity contribution in [3.63, 3.8) is 0 Å². The van der Waals surface area contributed by atoms with Crippen LogP contribution in [0.2, 0.25) is 0 Å². The van der Waals surface area contributed by atoms with Crippen molar-refractivity contribution in [2.45, 2.75) is 6.18 Å². The van der Waals surface area contributed by atoms with Crippen LogP contribution in [0.1, 0.15) is 5.56 Å². The Bertz CT molecular complexity index is 790. The van der Waals surface area contributed by atoms with Crippen molar-refractivity contribution in [1.82, 2.24) is 9.97 Å². The number of hydrogen-bond donors (Lipinski definition) is 2. The zero-order valence-corrected chi connectivity index (χ0v) is 8.87. The molecule has 10 heteroatoms. The van der Waals surface area contributed by atoms with Crippen LogP contribution in [0.3, 0.4) is 0 Å². The molecule has 1 heterocycles. The first-order chi connectivity index (χ1) is 8.70. The van der Waals surface area contributed by atoms with Crippen molar-refractivity contribution >= 4 is 16.7 Å². The van der Waals surface area contributed by atoms with E-state index in [0.717, 1.165) is 6.07 Å². The summed E-state index contributed by atoms with van der Waals surface area (Å²) in [6.45, 7) is 0. The Balaban J connectivity index is 2.99. The molecule has 1 aromatic heterocycles. The van der Waals surface area contributed by atoms with Gasteiger partial charge in [-0.2, -0.15) is 13.2 Å². The van der Waals surface area contributed by atoms with Gasteiger partial charge in [-0.3, -0.25) is 19.7 Å². The first-order valence-electron chi connectivity index (χ1n) is 4.72. The number of non-ortho nitro benzene ring substituents is 1. The summed E-state index contributed by atoms with van der Waals surface area (Å²) in [4.78, 5) is 35.2. The second-order valence-electron chi connectivity index (χ2n) is 3.58. The molecule has 0 unspecified atom stereocenters. The maximum atomic E-state index is 12.8. The molecule has 100 valence electrons. The molecule has 0 saturated carbocycles. The zero-order chi connectivity index (χ0) is 14.4. The van der Waals surface area contributed by atoms with Gasteiger partial charge in [-0.15, -0.1) is 0 Å². The highest BCUT2D eigenvalue weighted by atomic mass is 19.4. The summed E-state index contributed by atoms with van der Waals surface area (Å²) in [5, 5.41) is 10.5. The number of rotatable bonds is 1. The van der Waals surface area contributed by atoms with Crippen LogP contribution in [0.4, 0.5) is 18.9 Å². The lowest BCUT2D eigenvalue weighted by atomic mass is 10.1. The summed E-state index contributed by atoms with van der Waals surface area (Å²) in [7, 11) is 0. The van der Waals surface area contributed by atoms with Gasteiger partial charge in [0, 0.05) is 12.1 Å². The number of benzene rings is 1. The molecule has 2 aromatic rings. The molecule has 19 heavy (non-hydrogen) atoms. The third-order valence-corrected chi connectivity index (χ3v) is 2.33. The Kier molecular flexibility index (Phi) is 2.65. The fraction of sp³-hybridized carbons (Fsp3) is 0.111. The van der Waals surface area contributed by atoms with Gasteiger partial charge in [0.2, 0.25) is 0 Å². The van der Waals surface area contributed by atoms with Crippen molar-refractivity contribution in [2.24, 2.45) is 0 Å². The molecule has 0 fully saturated rings. The number of alkyl halides is 3. The van der Waals surface area contributed by atoms with Crippen molar-refractivity contribution in [3.8, 4) is 0 Å². The van der Waals surface area contributed by atoms with Crippen LogP contribution in [-0.4, -0.2) is 14.9 Å². The highest BCUT2D eigenvalue weighted by molar-refractivity contribution is 5.81. The molecule has 0 aliphatic heterocycles. The number of H-pyrrole nitrogens is 2. The van der Waals surface area contributed by atoms with Crippen molar-refractivity contribution in [2.75, 3.05) is 0 Å². The number of nitrogens with zero attached hydrogens (tertiary/aromatic N) is 1. The summed E-state index contributed by atoms with van der Waals surface area (Å²) in [6.07, 6.45) is -4.91. The van der Waals surface area contributed by atoms with E-state index >= 15 is 0 Å². The molecule has 0 aliphatic rings. The summed E-state index contributed by atoms with van der Waals surface area (Å²) in [5.41, 5.74) is -5.88. The molecule has 0 atom stereocenters. The van der Waals surface area contributed by atoms with Crippen molar-refractivity contribution in [3.05, 3.63) is 48.5 Å². The van der Waals surface area contributed by atoms with Crippen LogP contribution in [0.25, 0.3) is 11.0 Å². The molecule has 0 saturated heterocycles. The largest absolute Gasteiger partial charge is 0.418 e. The van der Waals surface area contributed by atoms with E-state index in [1.807, 2.05) is 4.98 Å². The number of aromatic nitrogens is 2. The zero-order valence-electron chi connectivity index (χ0n) is 8.87. The summed E-state index contributed by atoms with van der Waals surface area (Å²) < 4.78 is 38.3. The normalized spacial score (nSPS) is 11.7. The highest BCUT2D eigenvalue weighted by Crippen LogP contribution is 2.35. The van der Waals surface area contributed by atoms with Crippen LogP contribution in [-0.2, 0) is 6.18 Å².